The zero-order valence-electron chi connectivity index (χ0n) is 19.1. The van der Waals surface area contributed by atoms with E-state index in [1.807, 2.05) is 0 Å². The van der Waals surface area contributed by atoms with Crippen LogP contribution in [0, 0.1) is 0 Å². The number of nitrogens with one attached hydrogen (secondary N) is 2. The van der Waals surface area contributed by atoms with E-state index in [-0.39, 0.29) is 34.9 Å². The summed E-state index contributed by atoms with van der Waals surface area (Å²) in [5.41, 5.74) is 1.82. The number of rotatable bonds is 6. The molecule has 1 fully saturated rings. The van der Waals surface area contributed by atoms with Gasteiger partial charge in [0.2, 0.25) is 0 Å². The normalized spacial score (nSPS) is 16.9. The van der Waals surface area contributed by atoms with Crippen LogP contribution in [-0.4, -0.2) is 61.8 Å². The molecule has 11 nitrogen and oxygen atoms in total. The Kier molecular flexibility index (Phi) is 5.87. The van der Waals surface area contributed by atoms with E-state index in [1.54, 1.807) is 30.1 Å². The van der Waals surface area contributed by atoms with Crippen LogP contribution in [0.15, 0.2) is 47.9 Å². The van der Waals surface area contributed by atoms with Gasteiger partial charge < -0.3 is 20.1 Å². The van der Waals surface area contributed by atoms with E-state index in [1.165, 1.54) is 33.9 Å². The van der Waals surface area contributed by atoms with Crippen molar-refractivity contribution in [1.82, 2.24) is 24.4 Å². The van der Waals surface area contributed by atoms with E-state index >= 15 is 0 Å². The number of hydrogen-bond acceptors (Lipinski definition) is 9. The predicted molar refractivity (Wildman–Crippen MR) is 129 cm³/mol. The number of esters is 1. The fourth-order valence-electron chi connectivity index (χ4n) is 4.29. The minimum absolute atomic E-state index is 0.115. The molecule has 0 unspecified atom stereocenters. The molecule has 2 aliphatic heterocycles. The number of anilines is 2. The number of cyclic esters (lactones) is 1. The SMILES string of the molecule is O=C(Nc1cn([C@H]2CCOC2=O)nc1-c1cc2c(cc1OC(F)F)NCCS2)c1cnn2cccnc12. The molecule has 1 aromatic carbocycles. The van der Waals surface area contributed by atoms with Crippen molar-refractivity contribution < 1.29 is 27.8 Å². The molecule has 0 bridgehead atoms. The zero-order chi connectivity index (χ0) is 25.5. The van der Waals surface area contributed by atoms with E-state index in [9.17, 15) is 18.4 Å². The van der Waals surface area contributed by atoms with Crippen LogP contribution in [0.5, 0.6) is 5.75 Å². The van der Waals surface area contributed by atoms with Gasteiger partial charge in [0.25, 0.3) is 5.91 Å². The number of ether oxygens (including phenoxy) is 2. The number of carbonyl (C=O) groups excluding carboxylic acids is 2. The van der Waals surface area contributed by atoms with Crippen molar-refractivity contribution in [2.24, 2.45) is 0 Å². The summed E-state index contributed by atoms with van der Waals surface area (Å²) >= 11 is 1.56. The van der Waals surface area contributed by atoms with Crippen molar-refractivity contribution in [3.8, 4) is 17.0 Å². The summed E-state index contributed by atoms with van der Waals surface area (Å²) in [6.45, 7) is -2.17. The van der Waals surface area contributed by atoms with Crippen molar-refractivity contribution in [1.29, 1.82) is 0 Å². The first-order valence-corrected chi connectivity index (χ1v) is 12.3. The molecule has 5 heterocycles. The third kappa shape index (κ3) is 4.33. The number of hydrogen-bond donors (Lipinski definition) is 2. The Morgan fingerprint density at radius 2 is 2.24 bits per heavy atom. The number of amides is 1. The minimum atomic E-state index is -3.08. The first-order chi connectivity index (χ1) is 18.0. The number of halogens is 2. The first kappa shape index (κ1) is 23.2. The Morgan fingerprint density at radius 1 is 1.35 bits per heavy atom. The zero-order valence-corrected chi connectivity index (χ0v) is 19.9. The predicted octanol–water partition coefficient (Wildman–Crippen LogP) is 3.45. The smallest absolute Gasteiger partial charge is 0.387 e. The Labute approximate surface area is 212 Å². The molecule has 1 atom stereocenters. The third-order valence-corrected chi connectivity index (χ3v) is 7.02. The van der Waals surface area contributed by atoms with E-state index < -0.39 is 24.5 Å². The van der Waals surface area contributed by atoms with Crippen LogP contribution in [0.2, 0.25) is 0 Å². The molecule has 190 valence electrons. The molecule has 37 heavy (non-hydrogen) atoms. The highest BCUT2D eigenvalue weighted by molar-refractivity contribution is 7.99. The summed E-state index contributed by atoms with van der Waals surface area (Å²) in [6, 6.07) is 4.15. The van der Waals surface area contributed by atoms with Gasteiger partial charge in [0.1, 0.15) is 17.0 Å². The van der Waals surface area contributed by atoms with Gasteiger partial charge in [-0.25, -0.2) is 14.3 Å². The maximum atomic E-state index is 13.4. The number of aromatic nitrogens is 5. The van der Waals surface area contributed by atoms with E-state index in [4.69, 9.17) is 9.47 Å². The largest absolute Gasteiger partial charge is 0.464 e. The van der Waals surface area contributed by atoms with Gasteiger partial charge in [0, 0.05) is 47.6 Å². The lowest BCUT2D eigenvalue weighted by molar-refractivity contribution is -0.140. The molecule has 0 aliphatic carbocycles. The molecule has 4 aromatic rings. The molecule has 1 saturated heterocycles. The number of thioether (sulfide) groups is 1. The molecule has 3 aromatic heterocycles. The summed E-state index contributed by atoms with van der Waals surface area (Å²) in [4.78, 5) is 30.6. The van der Waals surface area contributed by atoms with Gasteiger partial charge in [-0.15, -0.1) is 11.8 Å². The average Bonchev–Trinajstić information content (AvgIpc) is 3.61. The second-order valence-electron chi connectivity index (χ2n) is 8.24. The Balaban J connectivity index is 1.46. The lowest BCUT2D eigenvalue weighted by Gasteiger charge is -2.20. The van der Waals surface area contributed by atoms with Crippen LogP contribution in [0.1, 0.15) is 22.8 Å². The van der Waals surface area contributed by atoms with Crippen molar-refractivity contribution in [2.75, 3.05) is 29.5 Å². The maximum absolute atomic E-state index is 13.4. The summed E-state index contributed by atoms with van der Waals surface area (Å²) in [5.74, 6) is -0.326. The van der Waals surface area contributed by atoms with E-state index in [0.717, 1.165) is 10.6 Å². The number of alkyl halides is 2. The number of nitrogens with zero attached hydrogens (tertiary/aromatic N) is 5. The van der Waals surface area contributed by atoms with Crippen molar-refractivity contribution in [3.05, 3.63) is 48.5 Å². The molecule has 6 rings (SSSR count). The number of carbonyl (C=O) groups is 2. The van der Waals surface area contributed by atoms with Crippen LogP contribution >= 0.6 is 11.8 Å². The van der Waals surface area contributed by atoms with Gasteiger partial charge in [-0.2, -0.15) is 19.0 Å². The van der Waals surface area contributed by atoms with Crippen molar-refractivity contribution in [2.45, 2.75) is 24.0 Å². The molecule has 0 spiro atoms. The number of benzene rings is 1. The Bertz CT molecular complexity index is 1520. The van der Waals surface area contributed by atoms with E-state index in [2.05, 4.69) is 25.8 Å². The standard InChI is InChI=1S/C23H19F2N7O4S/c24-23(25)36-17-9-14-18(37-7-4-26-14)8-12(17)19-15(11-32(30-19)16-2-6-35-22(16)34)29-21(33)13-10-28-31-5-1-3-27-20(13)31/h1,3,5,8-11,16,23,26H,2,4,6-7H2,(H,29,33)/t16-/m0/s1. The first-order valence-electron chi connectivity index (χ1n) is 11.3. The van der Waals surface area contributed by atoms with Crippen LogP contribution in [-0.2, 0) is 9.53 Å². The van der Waals surface area contributed by atoms with Crippen molar-refractivity contribution >= 4 is 40.7 Å². The highest BCUT2D eigenvalue weighted by Gasteiger charge is 2.32. The molecule has 2 N–H and O–H groups in total. The molecule has 1 amide bonds. The van der Waals surface area contributed by atoms with Gasteiger partial charge in [0.05, 0.1) is 30.4 Å². The Morgan fingerprint density at radius 3 is 3.05 bits per heavy atom. The topological polar surface area (TPSA) is 125 Å². The lowest BCUT2D eigenvalue weighted by atomic mass is 10.1. The van der Waals surface area contributed by atoms with Gasteiger partial charge in [0.15, 0.2) is 11.7 Å². The molecular weight excluding hydrogens is 508 g/mol. The maximum Gasteiger partial charge on any atom is 0.387 e. The van der Waals surface area contributed by atoms with Crippen LogP contribution < -0.4 is 15.4 Å². The average molecular weight is 528 g/mol. The van der Waals surface area contributed by atoms with Gasteiger partial charge >= 0.3 is 12.6 Å². The summed E-state index contributed by atoms with van der Waals surface area (Å²) in [6.07, 6.45) is 6.44. The van der Waals surface area contributed by atoms with Gasteiger partial charge in [-0.1, -0.05) is 0 Å². The van der Waals surface area contributed by atoms with Crippen LogP contribution in [0.4, 0.5) is 20.2 Å². The molecular formula is C23H19F2N7O4S. The van der Waals surface area contributed by atoms with Gasteiger partial charge in [-0.05, 0) is 12.1 Å². The second-order valence-corrected chi connectivity index (χ2v) is 9.38. The van der Waals surface area contributed by atoms with Gasteiger partial charge in [-0.3, -0.25) is 9.48 Å². The monoisotopic (exact) mass is 527 g/mol. The summed E-state index contributed by atoms with van der Waals surface area (Å²) in [5, 5.41) is 14.6. The lowest BCUT2D eigenvalue weighted by Crippen LogP contribution is -2.15. The molecule has 0 radical (unpaired) electrons. The minimum Gasteiger partial charge on any atom is -0.464 e. The highest BCUT2D eigenvalue weighted by Crippen LogP contribution is 2.43. The third-order valence-electron chi connectivity index (χ3n) is 5.96. The van der Waals surface area contributed by atoms with E-state index in [0.29, 0.717) is 24.3 Å². The summed E-state index contributed by atoms with van der Waals surface area (Å²) < 4.78 is 39.5. The quantitative estimate of drug-likeness (QED) is 0.363. The van der Waals surface area contributed by atoms with Crippen LogP contribution in [0.3, 0.4) is 0 Å². The second kappa shape index (κ2) is 9.35. The molecule has 0 saturated carbocycles. The number of fused-ring (bicyclic) bond motifs is 2. The van der Waals surface area contributed by atoms with Crippen LogP contribution in [0.25, 0.3) is 16.9 Å². The molecule has 2 aliphatic rings. The fourth-order valence-corrected chi connectivity index (χ4v) is 5.20. The fraction of sp³-hybridized carbons (Fsp3) is 0.261. The van der Waals surface area contributed by atoms with Crippen molar-refractivity contribution in [3.63, 3.8) is 0 Å². The Hall–Kier alpha value is -4.20. The molecule has 14 heteroatoms. The summed E-state index contributed by atoms with van der Waals surface area (Å²) in [7, 11) is 0. The highest BCUT2D eigenvalue weighted by atomic mass is 32.2.